The van der Waals surface area contributed by atoms with E-state index in [-0.39, 0.29) is 61.3 Å². The molecule has 0 saturated heterocycles. The van der Waals surface area contributed by atoms with Crippen molar-refractivity contribution in [1.82, 2.24) is 9.13 Å². The number of nitriles is 1. The lowest BCUT2D eigenvalue weighted by atomic mass is 9.90. The fraction of sp³-hybridized carbons (Fsp3) is 0.130. The van der Waals surface area contributed by atoms with Crippen LogP contribution in [-0.2, 0) is 30.9 Å². The van der Waals surface area contributed by atoms with Gasteiger partial charge in [0.25, 0.3) is 0 Å². The van der Waals surface area contributed by atoms with Crippen LogP contribution in [0.15, 0.2) is 200 Å². The van der Waals surface area contributed by atoms with E-state index in [0.29, 0.717) is 93.8 Å². The molecule has 0 aliphatic carbocycles. The molecule has 0 radical (unpaired) electrons. The van der Waals surface area contributed by atoms with Crippen LogP contribution >= 0.6 is 0 Å². The topological polar surface area (TPSA) is 33.6 Å². The first-order valence-electron chi connectivity index (χ1n) is 29.5. The van der Waals surface area contributed by atoms with Crippen molar-refractivity contribution in [2.75, 3.05) is 0 Å². The quantitative estimate of drug-likeness (QED) is 0.140. The van der Waals surface area contributed by atoms with Gasteiger partial charge in [0, 0.05) is 32.7 Å². The van der Waals surface area contributed by atoms with Gasteiger partial charge in [0.2, 0.25) is 0 Å². The second kappa shape index (κ2) is 22.6. The van der Waals surface area contributed by atoms with Gasteiger partial charge in [-0.2, -0.15) is 71.1 Å². The van der Waals surface area contributed by atoms with E-state index in [0.717, 1.165) is 54.6 Å². The summed E-state index contributed by atoms with van der Waals surface area (Å²) in [4.78, 5) is 0. The normalized spacial score (nSPS) is 12.6. The van der Waals surface area contributed by atoms with E-state index >= 15 is 13.2 Å². The Bertz CT molecular complexity index is 5130. The Labute approximate surface area is 532 Å². The number of rotatable bonds is 8. The first-order chi connectivity index (χ1) is 44.7. The molecule has 18 heteroatoms. The van der Waals surface area contributed by atoms with Gasteiger partial charge in [-0.1, -0.05) is 66.7 Å². The number of aromatic nitrogens is 2. The van der Waals surface area contributed by atoms with Crippen LogP contribution in [0.25, 0.3) is 122 Å². The van der Waals surface area contributed by atoms with E-state index in [1.54, 1.807) is 124 Å². The molecule has 0 aliphatic heterocycles. The fourth-order valence-electron chi connectivity index (χ4n) is 13.1. The third-order valence-corrected chi connectivity index (χ3v) is 17.2. The minimum atomic E-state index is -4.88. The van der Waals surface area contributed by atoms with Gasteiger partial charge in [-0.3, -0.25) is 0 Å². The molecule has 0 spiro atoms. The first-order valence-corrected chi connectivity index (χ1v) is 29.5. The van der Waals surface area contributed by atoms with Gasteiger partial charge in [-0.15, -0.1) is 0 Å². The van der Waals surface area contributed by atoms with Crippen molar-refractivity contribution in [1.29, 1.82) is 5.26 Å². The van der Waals surface area contributed by atoms with Crippen molar-refractivity contribution in [3.63, 3.8) is 0 Å². The highest BCUT2D eigenvalue weighted by atomic mass is 19.4. The first kappa shape index (κ1) is 63.2. The summed E-state index contributed by atoms with van der Waals surface area (Å²) in [6, 6.07) is 49.2. The number of aryl methyl sites for hydroxylation is 5. The van der Waals surface area contributed by atoms with Crippen molar-refractivity contribution in [3.8, 4) is 84.2 Å². The lowest BCUT2D eigenvalue weighted by Gasteiger charge is -2.22. The van der Waals surface area contributed by atoms with E-state index in [9.17, 15) is 57.9 Å². The van der Waals surface area contributed by atoms with Crippen LogP contribution in [0.4, 0.5) is 65.9 Å². The summed E-state index contributed by atoms with van der Waals surface area (Å²) < 4.78 is 223. The zero-order chi connectivity index (χ0) is 67.7. The van der Waals surface area contributed by atoms with E-state index in [1.807, 2.05) is 0 Å². The maximum Gasteiger partial charge on any atom is 0.417 e. The zero-order valence-corrected chi connectivity index (χ0v) is 50.6. The van der Waals surface area contributed by atoms with E-state index < -0.39 is 58.7 Å². The highest BCUT2D eigenvalue weighted by molar-refractivity contribution is 6.14. The maximum absolute atomic E-state index is 15.4. The molecule has 95 heavy (non-hydrogen) atoms. The lowest BCUT2D eigenvalue weighted by molar-refractivity contribution is -0.138. The predicted molar refractivity (Wildman–Crippen MR) is 341 cm³/mol. The van der Waals surface area contributed by atoms with Crippen molar-refractivity contribution in [3.05, 3.63) is 261 Å². The Morgan fingerprint density at radius 3 is 0.926 bits per heavy atom. The molecule has 0 saturated carbocycles. The Morgan fingerprint density at radius 2 is 0.611 bits per heavy atom. The molecule has 3 nitrogen and oxygen atoms in total. The van der Waals surface area contributed by atoms with Crippen molar-refractivity contribution >= 4 is 43.6 Å². The molecule has 0 atom stereocenters. The number of halogens is 15. The molecular formula is C77H48F15N3. The monoisotopic (exact) mass is 1300 g/mol. The van der Waals surface area contributed by atoms with E-state index in [1.165, 1.54) is 65.0 Å². The Morgan fingerprint density at radius 1 is 0.295 bits per heavy atom. The summed E-state index contributed by atoms with van der Waals surface area (Å²) in [6.45, 7) is 7.57. The molecule has 0 fully saturated rings. The van der Waals surface area contributed by atoms with Gasteiger partial charge in [0.1, 0.15) is 0 Å². The highest BCUT2D eigenvalue weighted by Gasteiger charge is 2.37. The summed E-state index contributed by atoms with van der Waals surface area (Å²) in [5, 5.41) is 12.4. The van der Waals surface area contributed by atoms with Gasteiger partial charge in [0.15, 0.2) is 0 Å². The van der Waals surface area contributed by atoms with Gasteiger partial charge in [-0.25, -0.2) is 0 Å². The molecule has 0 amide bonds. The van der Waals surface area contributed by atoms with Crippen LogP contribution in [0.1, 0.15) is 61.2 Å². The molecule has 2 aromatic heterocycles. The summed E-state index contributed by atoms with van der Waals surface area (Å²) in [6.07, 6.45) is -23.8. The molecule has 13 rings (SSSR count). The molecule has 0 bridgehead atoms. The largest absolute Gasteiger partial charge is 0.417 e. The summed E-state index contributed by atoms with van der Waals surface area (Å²) in [7, 11) is 0. The van der Waals surface area contributed by atoms with Gasteiger partial charge < -0.3 is 9.13 Å². The minimum Gasteiger partial charge on any atom is -0.309 e. The Balaban J connectivity index is 1.14. The molecule has 11 aromatic carbocycles. The van der Waals surface area contributed by atoms with Gasteiger partial charge in [-0.05, 0) is 252 Å². The third-order valence-electron chi connectivity index (χ3n) is 17.2. The fourth-order valence-corrected chi connectivity index (χ4v) is 13.1. The van der Waals surface area contributed by atoms with Crippen LogP contribution in [0.3, 0.4) is 0 Å². The molecule has 0 unspecified atom stereocenters. The van der Waals surface area contributed by atoms with Crippen LogP contribution in [0.5, 0.6) is 0 Å². The van der Waals surface area contributed by atoms with E-state index in [4.69, 9.17) is 0 Å². The summed E-state index contributed by atoms with van der Waals surface area (Å²) in [5.74, 6) is 0. The van der Waals surface area contributed by atoms with Crippen LogP contribution < -0.4 is 0 Å². The predicted octanol–water partition coefficient (Wildman–Crippen LogP) is 24.4. The highest BCUT2D eigenvalue weighted by Crippen LogP contribution is 2.49. The van der Waals surface area contributed by atoms with Crippen LogP contribution in [0, 0.1) is 45.9 Å². The number of fused-ring (bicyclic) bond motifs is 6. The number of alkyl halides is 15. The molecule has 0 aliphatic rings. The van der Waals surface area contributed by atoms with Crippen molar-refractivity contribution in [2.45, 2.75) is 65.5 Å². The molecule has 476 valence electrons. The number of hydrogen-bond donors (Lipinski definition) is 0. The number of hydrogen-bond acceptors (Lipinski definition) is 1. The molecule has 2 heterocycles. The summed E-state index contributed by atoms with van der Waals surface area (Å²) in [5.41, 5.74) is 1.37. The second-order valence-electron chi connectivity index (χ2n) is 24.0. The van der Waals surface area contributed by atoms with Crippen molar-refractivity contribution < 1.29 is 65.9 Å². The van der Waals surface area contributed by atoms with Crippen LogP contribution in [-0.4, -0.2) is 9.13 Å². The zero-order valence-electron chi connectivity index (χ0n) is 50.6. The van der Waals surface area contributed by atoms with Gasteiger partial charge in [0.05, 0.1) is 72.9 Å². The third kappa shape index (κ3) is 11.7. The Kier molecular flexibility index (Phi) is 15.0. The average molecular weight is 1300 g/mol. The van der Waals surface area contributed by atoms with E-state index in [2.05, 4.69) is 6.07 Å². The van der Waals surface area contributed by atoms with Crippen molar-refractivity contribution in [2.24, 2.45) is 0 Å². The summed E-state index contributed by atoms with van der Waals surface area (Å²) >= 11 is 0. The minimum absolute atomic E-state index is 0.0666. The standard InChI is InChI=1S/C77H48F15N3/c1-40-21-51(30-55(25-40)73(78,79)80)46-10-16-67-60(34-46)61-35-47(52-22-41(2)26-56(31-52)74(81,82)83)11-17-68(61)94(67)66-15-9-45(39-93)29-59(66)64-38-50(72-44(5)7-6-8-65(72)77(90,91)92)14-20-71(64)95-69-18-12-48(53-23-42(3)27-57(32-53)75(84,85)86)36-62(69)63-37-49(13-19-70(63)95)54-24-43(4)28-58(33-54)76(87,88)89/h6-38H,1-5H3. The van der Waals surface area contributed by atoms with Crippen LogP contribution in [0.2, 0.25) is 0 Å². The Hall–Kier alpha value is -10.5. The van der Waals surface area contributed by atoms with Gasteiger partial charge >= 0.3 is 30.9 Å². The molecule has 13 aromatic rings. The average Bonchev–Trinajstić information content (AvgIpc) is 1.60. The molecule has 0 N–H and O–H groups in total. The second-order valence-corrected chi connectivity index (χ2v) is 24.0. The molecular weight excluding hydrogens is 1250 g/mol. The maximum atomic E-state index is 15.4. The smallest absolute Gasteiger partial charge is 0.309 e. The number of nitrogens with zero attached hydrogens (tertiary/aromatic N) is 3. The number of benzene rings is 11. The SMILES string of the molecule is Cc1cc(-c2ccc3c(c2)c2cc(-c4cc(C)cc(C(F)(F)F)c4)ccc2n3-c2ccc(C#N)cc2-c2cc(-c3c(C)cccc3C(F)(F)F)ccc2-n2c3ccc(-c4cc(C)cc(C(F)(F)F)c4)cc3c3cc(-c4cc(C)cc(C(F)(F)F)c4)ccc32)cc(C(F)(F)F)c1. The lowest BCUT2D eigenvalue weighted by Crippen LogP contribution is -2.08.